The first-order chi connectivity index (χ1) is 15.4. The second-order valence-electron chi connectivity index (χ2n) is 11.4. The molecule has 0 N–H and O–H groups in total. The van der Waals surface area contributed by atoms with E-state index in [-0.39, 0.29) is 11.4 Å². The van der Waals surface area contributed by atoms with Crippen LogP contribution < -0.4 is 4.90 Å². The highest BCUT2D eigenvalue weighted by Gasteiger charge is 2.46. The molecule has 6 heteroatoms. The predicted octanol–water partition coefficient (Wildman–Crippen LogP) is 4.21. The van der Waals surface area contributed by atoms with Gasteiger partial charge in [-0.3, -0.25) is 9.88 Å². The van der Waals surface area contributed by atoms with E-state index in [1.165, 1.54) is 51.7 Å². The van der Waals surface area contributed by atoms with Gasteiger partial charge in [-0.1, -0.05) is 13.8 Å². The van der Waals surface area contributed by atoms with Crippen molar-refractivity contribution in [2.24, 2.45) is 11.3 Å². The van der Waals surface area contributed by atoms with Crippen molar-refractivity contribution < 1.29 is 9.53 Å². The van der Waals surface area contributed by atoms with Crippen LogP contribution in [0, 0.1) is 18.3 Å². The van der Waals surface area contributed by atoms with Crippen LogP contribution in [0.2, 0.25) is 0 Å². The lowest BCUT2D eigenvalue weighted by Crippen LogP contribution is -2.46. The number of aryl methyl sites for hydroxylation is 1. The number of pyridine rings is 1. The summed E-state index contributed by atoms with van der Waals surface area (Å²) in [5, 5.41) is 0. The number of ether oxygens (including phenoxy) is 1. The van der Waals surface area contributed by atoms with Gasteiger partial charge in [0.1, 0.15) is 0 Å². The van der Waals surface area contributed by atoms with Gasteiger partial charge < -0.3 is 14.5 Å². The van der Waals surface area contributed by atoms with E-state index in [9.17, 15) is 4.79 Å². The number of likely N-dealkylation sites (tertiary alicyclic amines) is 2. The van der Waals surface area contributed by atoms with Crippen LogP contribution in [-0.4, -0.2) is 73.3 Å². The van der Waals surface area contributed by atoms with Crippen molar-refractivity contribution in [3.8, 4) is 0 Å². The molecule has 0 saturated carbocycles. The Morgan fingerprint density at radius 3 is 2.56 bits per heavy atom. The monoisotopic (exact) mass is 440 g/mol. The first kappa shape index (κ1) is 22.1. The first-order valence-electron chi connectivity index (χ1n) is 12.7. The summed E-state index contributed by atoms with van der Waals surface area (Å²) >= 11 is 0. The summed E-state index contributed by atoms with van der Waals surface area (Å²) in [7, 11) is 0. The lowest BCUT2D eigenvalue weighted by molar-refractivity contribution is 0.0542. The molecule has 176 valence electrons. The number of anilines is 1. The van der Waals surface area contributed by atoms with E-state index < -0.39 is 0 Å². The fourth-order valence-electron chi connectivity index (χ4n) is 6.32. The van der Waals surface area contributed by atoms with Crippen LogP contribution in [0.25, 0.3) is 0 Å². The third-order valence-corrected chi connectivity index (χ3v) is 8.55. The molecule has 0 bridgehead atoms. The molecule has 3 saturated heterocycles. The van der Waals surface area contributed by atoms with E-state index in [0.717, 1.165) is 62.3 Å². The molecule has 4 aliphatic rings. The molecule has 1 aromatic heterocycles. The average Bonchev–Trinajstić information content (AvgIpc) is 3.32. The molecule has 0 unspecified atom stereocenters. The molecule has 0 aliphatic carbocycles. The van der Waals surface area contributed by atoms with E-state index in [2.05, 4.69) is 29.7 Å². The number of fused-ring (bicyclic) bond motifs is 1. The molecule has 4 aliphatic heterocycles. The van der Waals surface area contributed by atoms with Gasteiger partial charge in [0.15, 0.2) is 0 Å². The topological polar surface area (TPSA) is 48.9 Å². The molecular weight excluding hydrogens is 400 g/mol. The number of carbonyl (C=O) groups excluding carboxylic acids is 1. The van der Waals surface area contributed by atoms with E-state index in [4.69, 9.17) is 9.72 Å². The number of hydrogen-bond donors (Lipinski definition) is 0. The second kappa shape index (κ2) is 8.60. The van der Waals surface area contributed by atoms with Crippen LogP contribution >= 0.6 is 0 Å². The van der Waals surface area contributed by atoms with Crippen LogP contribution in [-0.2, 0) is 10.2 Å². The highest BCUT2D eigenvalue weighted by Crippen LogP contribution is 2.43. The van der Waals surface area contributed by atoms with Crippen molar-refractivity contribution in [3.05, 3.63) is 23.5 Å². The number of aromatic nitrogens is 1. The van der Waals surface area contributed by atoms with Crippen LogP contribution in [0.3, 0.4) is 0 Å². The molecule has 5 heterocycles. The van der Waals surface area contributed by atoms with Crippen molar-refractivity contribution in [2.75, 3.05) is 57.4 Å². The lowest BCUT2D eigenvalue weighted by atomic mass is 9.77. The number of hydrogen-bond acceptors (Lipinski definition) is 4. The van der Waals surface area contributed by atoms with E-state index in [0.29, 0.717) is 5.41 Å². The third kappa shape index (κ3) is 4.28. The summed E-state index contributed by atoms with van der Waals surface area (Å²) < 4.78 is 5.50. The summed E-state index contributed by atoms with van der Waals surface area (Å²) in [6, 6.07) is 4.30. The second-order valence-corrected chi connectivity index (χ2v) is 11.4. The van der Waals surface area contributed by atoms with Crippen LogP contribution in [0.1, 0.15) is 63.8 Å². The van der Waals surface area contributed by atoms with Gasteiger partial charge in [0.05, 0.1) is 11.4 Å². The van der Waals surface area contributed by atoms with Crippen molar-refractivity contribution in [1.29, 1.82) is 0 Å². The maximum atomic E-state index is 13.6. The summed E-state index contributed by atoms with van der Waals surface area (Å²) in [4.78, 5) is 25.1. The molecular formula is C26H40N4O2. The van der Waals surface area contributed by atoms with Crippen LogP contribution in [0.4, 0.5) is 10.5 Å². The Bertz CT molecular complexity index is 840. The largest absolute Gasteiger partial charge is 0.381 e. The molecule has 3 fully saturated rings. The van der Waals surface area contributed by atoms with Crippen molar-refractivity contribution in [1.82, 2.24) is 14.8 Å². The summed E-state index contributed by atoms with van der Waals surface area (Å²) in [5.74, 6) is 0.852. The SMILES string of the molecule is Cc1ccc2c(n1)C(C)(C)CN2C(=O)N1CCC2(CCN(CCC3CCOCC3)CC2)C1. The highest BCUT2D eigenvalue weighted by atomic mass is 16.5. The number of carbonyl (C=O) groups is 1. The minimum atomic E-state index is -0.0930. The quantitative estimate of drug-likeness (QED) is 0.706. The maximum Gasteiger partial charge on any atom is 0.324 e. The molecule has 2 amide bonds. The fourth-order valence-corrected chi connectivity index (χ4v) is 6.32. The smallest absolute Gasteiger partial charge is 0.324 e. The standard InChI is InChI=1S/C26H40N4O2/c1-20-4-5-22-23(27-20)25(2,3)18-30(22)24(31)29-15-11-26(19-29)9-13-28(14-10-26)12-6-21-7-16-32-17-8-21/h4-5,21H,6-19H2,1-3H3. The Morgan fingerprint density at radius 1 is 1.09 bits per heavy atom. The van der Waals surface area contributed by atoms with Gasteiger partial charge in [-0.05, 0) is 88.5 Å². The number of amides is 2. The number of urea groups is 1. The first-order valence-corrected chi connectivity index (χ1v) is 12.7. The minimum absolute atomic E-state index is 0.0930. The van der Waals surface area contributed by atoms with Crippen molar-refractivity contribution >= 4 is 11.7 Å². The molecule has 32 heavy (non-hydrogen) atoms. The Labute approximate surface area is 193 Å². The van der Waals surface area contributed by atoms with Gasteiger partial charge in [0.2, 0.25) is 0 Å². The Balaban J connectivity index is 1.16. The zero-order valence-corrected chi connectivity index (χ0v) is 20.2. The molecule has 6 nitrogen and oxygen atoms in total. The van der Waals surface area contributed by atoms with Crippen molar-refractivity contribution in [3.63, 3.8) is 0 Å². The van der Waals surface area contributed by atoms with Crippen molar-refractivity contribution in [2.45, 2.75) is 64.7 Å². The van der Waals surface area contributed by atoms with E-state index in [1.54, 1.807) is 0 Å². The van der Waals surface area contributed by atoms with Crippen LogP contribution in [0.5, 0.6) is 0 Å². The zero-order chi connectivity index (χ0) is 22.3. The third-order valence-electron chi connectivity index (χ3n) is 8.55. The average molecular weight is 441 g/mol. The Kier molecular flexibility index (Phi) is 5.95. The van der Waals surface area contributed by atoms with Gasteiger partial charge >= 0.3 is 6.03 Å². The minimum Gasteiger partial charge on any atom is -0.381 e. The molecule has 5 rings (SSSR count). The molecule has 1 spiro atoms. The Morgan fingerprint density at radius 2 is 1.81 bits per heavy atom. The van der Waals surface area contributed by atoms with Gasteiger partial charge in [-0.15, -0.1) is 0 Å². The lowest BCUT2D eigenvalue weighted by Gasteiger charge is -2.40. The molecule has 1 aromatic rings. The zero-order valence-electron chi connectivity index (χ0n) is 20.2. The van der Waals surface area contributed by atoms with Gasteiger partial charge in [0, 0.05) is 44.0 Å². The molecule has 0 aromatic carbocycles. The highest BCUT2D eigenvalue weighted by molar-refractivity contribution is 5.95. The molecule has 0 atom stereocenters. The molecule has 0 radical (unpaired) electrons. The number of nitrogens with zero attached hydrogens (tertiary/aromatic N) is 4. The normalized spacial score (nSPS) is 25.5. The van der Waals surface area contributed by atoms with Crippen LogP contribution in [0.15, 0.2) is 12.1 Å². The summed E-state index contributed by atoms with van der Waals surface area (Å²) in [6.45, 7) is 14.5. The fraction of sp³-hybridized carbons (Fsp3) is 0.769. The maximum absolute atomic E-state index is 13.6. The predicted molar refractivity (Wildman–Crippen MR) is 127 cm³/mol. The van der Waals surface area contributed by atoms with Gasteiger partial charge in [-0.2, -0.15) is 0 Å². The summed E-state index contributed by atoms with van der Waals surface area (Å²) in [6.07, 6.45) is 7.41. The number of rotatable bonds is 3. The van der Waals surface area contributed by atoms with Gasteiger partial charge in [-0.25, -0.2) is 4.79 Å². The van der Waals surface area contributed by atoms with E-state index in [1.807, 2.05) is 17.9 Å². The van der Waals surface area contributed by atoms with E-state index >= 15 is 0 Å². The summed E-state index contributed by atoms with van der Waals surface area (Å²) in [5.41, 5.74) is 3.33. The Hall–Kier alpha value is -1.66. The number of piperidine rings is 1. The van der Waals surface area contributed by atoms with Gasteiger partial charge in [0.25, 0.3) is 0 Å².